The molecular weight excluding hydrogens is 218 g/mol. The van der Waals surface area contributed by atoms with E-state index in [0.29, 0.717) is 13.1 Å². The summed E-state index contributed by atoms with van der Waals surface area (Å²) in [6.07, 6.45) is -0.550. The van der Waals surface area contributed by atoms with Gasteiger partial charge in [0.05, 0.1) is 6.61 Å². The summed E-state index contributed by atoms with van der Waals surface area (Å²) in [4.78, 5) is 1.87. The first-order valence-electron chi connectivity index (χ1n) is 5.79. The first-order chi connectivity index (χ1) is 8.13. The minimum Gasteiger partial charge on any atom is -0.491 e. The molecule has 0 amide bonds. The van der Waals surface area contributed by atoms with E-state index in [1.165, 1.54) is 0 Å². The molecule has 0 aliphatic rings. The summed E-state index contributed by atoms with van der Waals surface area (Å²) in [7, 11) is 1.85. The van der Waals surface area contributed by atoms with Crippen LogP contribution in [-0.4, -0.2) is 54.6 Å². The monoisotopic (exact) mass is 239 g/mol. The SMILES string of the molecule is Cc1ccccc1OC[C@H](O)CN(C)CCO. The van der Waals surface area contributed by atoms with E-state index < -0.39 is 6.10 Å². The van der Waals surface area contributed by atoms with Gasteiger partial charge >= 0.3 is 0 Å². The van der Waals surface area contributed by atoms with E-state index in [1.54, 1.807) is 0 Å². The summed E-state index contributed by atoms with van der Waals surface area (Å²) in [5.74, 6) is 0.802. The van der Waals surface area contributed by atoms with Crippen LogP contribution in [0.2, 0.25) is 0 Å². The molecule has 0 aliphatic carbocycles. The molecule has 0 saturated heterocycles. The number of aliphatic hydroxyl groups is 2. The van der Waals surface area contributed by atoms with Crippen LogP contribution in [-0.2, 0) is 0 Å². The molecule has 96 valence electrons. The van der Waals surface area contributed by atoms with E-state index in [-0.39, 0.29) is 13.2 Å². The number of aryl methyl sites for hydroxylation is 1. The predicted octanol–water partition coefficient (Wildman–Crippen LogP) is 0.659. The topological polar surface area (TPSA) is 52.9 Å². The summed E-state index contributed by atoms with van der Waals surface area (Å²) in [6.45, 7) is 3.38. The molecule has 0 bridgehead atoms. The lowest BCUT2D eigenvalue weighted by Crippen LogP contribution is -2.34. The van der Waals surface area contributed by atoms with Crippen molar-refractivity contribution in [3.63, 3.8) is 0 Å². The normalized spacial score (nSPS) is 12.8. The Morgan fingerprint density at radius 1 is 1.35 bits per heavy atom. The average molecular weight is 239 g/mol. The third-order valence-corrected chi connectivity index (χ3v) is 2.53. The van der Waals surface area contributed by atoms with Crippen LogP contribution in [0.4, 0.5) is 0 Å². The number of para-hydroxylation sites is 1. The fourth-order valence-corrected chi connectivity index (χ4v) is 1.58. The largest absolute Gasteiger partial charge is 0.491 e. The molecule has 17 heavy (non-hydrogen) atoms. The molecule has 0 aromatic heterocycles. The van der Waals surface area contributed by atoms with Gasteiger partial charge in [-0.25, -0.2) is 0 Å². The first kappa shape index (κ1) is 14.0. The zero-order valence-corrected chi connectivity index (χ0v) is 10.5. The summed E-state index contributed by atoms with van der Waals surface area (Å²) in [5, 5.41) is 18.5. The van der Waals surface area contributed by atoms with Crippen LogP contribution < -0.4 is 4.74 Å². The second-order valence-electron chi connectivity index (χ2n) is 4.22. The van der Waals surface area contributed by atoms with E-state index in [2.05, 4.69) is 0 Å². The van der Waals surface area contributed by atoms with Crippen molar-refractivity contribution in [2.45, 2.75) is 13.0 Å². The molecule has 1 aromatic rings. The number of hydrogen-bond donors (Lipinski definition) is 2. The van der Waals surface area contributed by atoms with Crippen molar-refractivity contribution in [3.8, 4) is 5.75 Å². The number of aliphatic hydroxyl groups excluding tert-OH is 2. The van der Waals surface area contributed by atoms with E-state index in [0.717, 1.165) is 11.3 Å². The maximum atomic E-state index is 9.75. The van der Waals surface area contributed by atoms with Gasteiger partial charge in [0.2, 0.25) is 0 Å². The molecule has 2 N–H and O–H groups in total. The minimum atomic E-state index is -0.550. The van der Waals surface area contributed by atoms with Crippen molar-refractivity contribution in [1.29, 1.82) is 0 Å². The maximum Gasteiger partial charge on any atom is 0.122 e. The van der Waals surface area contributed by atoms with Crippen LogP contribution in [0.1, 0.15) is 5.56 Å². The summed E-state index contributed by atoms with van der Waals surface area (Å²) in [6, 6.07) is 7.72. The molecule has 4 heteroatoms. The van der Waals surface area contributed by atoms with E-state index in [1.807, 2.05) is 43.1 Å². The van der Waals surface area contributed by atoms with E-state index in [4.69, 9.17) is 9.84 Å². The fourth-order valence-electron chi connectivity index (χ4n) is 1.58. The van der Waals surface area contributed by atoms with E-state index >= 15 is 0 Å². The molecule has 0 spiro atoms. The fraction of sp³-hybridized carbons (Fsp3) is 0.538. The first-order valence-corrected chi connectivity index (χ1v) is 5.79. The Bertz CT molecular complexity index is 330. The van der Waals surface area contributed by atoms with Gasteiger partial charge in [-0.15, -0.1) is 0 Å². The highest BCUT2D eigenvalue weighted by Gasteiger charge is 2.09. The Morgan fingerprint density at radius 3 is 2.71 bits per heavy atom. The van der Waals surface area contributed by atoms with Gasteiger partial charge < -0.3 is 19.8 Å². The number of nitrogens with zero attached hydrogens (tertiary/aromatic N) is 1. The van der Waals surface area contributed by atoms with Crippen LogP contribution in [0.3, 0.4) is 0 Å². The molecule has 0 fully saturated rings. The van der Waals surface area contributed by atoms with Gasteiger partial charge in [-0.05, 0) is 25.6 Å². The van der Waals surface area contributed by atoms with Crippen molar-refractivity contribution >= 4 is 0 Å². The van der Waals surface area contributed by atoms with Crippen LogP contribution in [0.5, 0.6) is 5.75 Å². The molecule has 0 aliphatic heterocycles. The van der Waals surface area contributed by atoms with Gasteiger partial charge in [-0.1, -0.05) is 18.2 Å². The number of hydrogen-bond acceptors (Lipinski definition) is 4. The zero-order valence-electron chi connectivity index (χ0n) is 10.5. The zero-order chi connectivity index (χ0) is 12.7. The minimum absolute atomic E-state index is 0.0991. The smallest absolute Gasteiger partial charge is 0.122 e. The molecule has 0 unspecified atom stereocenters. The Hall–Kier alpha value is -1.10. The molecule has 0 radical (unpaired) electrons. The number of ether oxygens (including phenoxy) is 1. The number of benzene rings is 1. The highest BCUT2D eigenvalue weighted by atomic mass is 16.5. The molecule has 0 saturated carbocycles. The Kier molecular flexibility index (Phi) is 5.97. The van der Waals surface area contributed by atoms with Gasteiger partial charge in [0.15, 0.2) is 0 Å². The average Bonchev–Trinajstić information content (AvgIpc) is 2.28. The summed E-state index contributed by atoms with van der Waals surface area (Å²) < 4.78 is 5.54. The summed E-state index contributed by atoms with van der Waals surface area (Å²) in [5.41, 5.74) is 1.06. The lowest BCUT2D eigenvalue weighted by molar-refractivity contribution is 0.0708. The van der Waals surface area contributed by atoms with Crippen molar-refractivity contribution < 1.29 is 14.9 Å². The summed E-state index contributed by atoms with van der Waals surface area (Å²) >= 11 is 0. The molecule has 1 aromatic carbocycles. The molecular formula is C13H21NO3. The van der Waals surface area contributed by atoms with E-state index in [9.17, 15) is 5.11 Å². The van der Waals surface area contributed by atoms with Gasteiger partial charge in [-0.3, -0.25) is 0 Å². The second-order valence-corrected chi connectivity index (χ2v) is 4.22. The number of likely N-dealkylation sites (N-methyl/N-ethyl adjacent to an activating group) is 1. The van der Waals surface area contributed by atoms with Crippen molar-refractivity contribution in [2.24, 2.45) is 0 Å². The predicted molar refractivity (Wildman–Crippen MR) is 67.3 cm³/mol. The van der Waals surface area contributed by atoms with Gasteiger partial charge in [0.25, 0.3) is 0 Å². The Balaban J connectivity index is 2.33. The second kappa shape index (κ2) is 7.27. The molecule has 1 atom stereocenters. The van der Waals surface area contributed by atoms with Crippen LogP contribution in [0.25, 0.3) is 0 Å². The Labute approximate surface area is 102 Å². The van der Waals surface area contributed by atoms with Gasteiger partial charge in [-0.2, -0.15) is 0 Å². The van der Waals surface area contributed by atoms with Crippen molar-refractivity contribution in [3.05, 3.63) is 29.8 Å². The van der Waals surface area contributed by atoms with Crippen LogP contribution in [0.15, 0.2) is 24.3 Å². The highest BCUT2D eigenvalue weighted by molar-refractivity contribution is 5.31. The lowest BCUT2D eigenvalue weighted by atomic mass is 10.2. The van der Waals surface area contributed by atoms with Crippen molar-refractivity contribution in [1.82, 2.24) is 4.90 Å². The standard InChI is InChI=1S/C13H21NO3/c1-11-5-3-4-6-13(11)17-10-12(16)9-14(2)7-8-15/h3-6,12,15-16H,7-10H2,1-2H3/t12-/m1/s1. The van der Waals surface area contributed by atoms with Gasteiger partial charge in [0.1, 0.15) is 18.5 Å². The highest BCUT2D eigenvalue weighted by Crippen LogP contribution is 2.16. The lowest BCUT2D eigenvalue weighted by Gasteiger charge is -2.20. The molecule has 4 nitrogen and oxygen atoms in total. The maximum absolute atomic E-state index is 9.75. The molecule has 1 rings (SSSR count). The van der Waals surface area contributed by atoms with Crippen molar-refractivity contribution in [2.75, 3.05) is 33.4 Å². The quantitative estimate of drug-likeness (QED) is 0.734. The molecule has 0 heterocycles. The number of rotatable bonds is 7. The Morgan fingerprint density at radius 2 is 2.06 bits per heavy atom. The third-order valence-electron chi connectivity index (χ3n) is 2.53. The van der Waals surface area contributed by atoms with Gasteiger partial charge in [0, 0.05) is 13.1 Å². The third kappa shape index (κ3) is 5.17. The van der Waals surface area contributed by atoms with Crippen LogP contribution >= 0.6 is 0 Å². The van der Waals surface area contributed by atoms with Crippen LogP contribution in [0, 0.1) is 6.92 Å².